The molecule has 0 aliphatic carbocycles. The summed E-state index contributed by atoms with van der Waals surface area (Å²) in [4.78, 5) is 16.0. The van der Waals surface area contributed by atoms with Gasteiger partial charge in [0.15, 0.2) is 0 Å². The molecule has 0 atom stereocenters. The molecule has 1 heterocycles. The van der Waals surface area contributed by atoms with Crippen LogP contribution >= 0.6 is 11.6 Å². The molecule has 2 N–H and O–H groups in total. The fourth-order valence-corrected chi connectivity index (χ4v) is 1.67. The van der Waals surface area contributed by atoms with Crippen molar-refractivity contribution in [2.75, 3.05) is 17.7 Å². The zero-order chi connectivity index (χ0) is 13.8. The lowest BCUT2D eigenvalue weighted by Crippen LogP contribution is -2.12. The first-order valence-electron chi connectivity index (χ1n) is 5.50. The van der Waals surface area contributed by atoms with E-state index < -0.39 is 5.82 Å². The van der Waals surface area contributed by atoms with Gasteiger partial charge in [-0.15, -0.1) is 0 Å². The number of pyridine rings is 1. The minimum absolute atomic E-state index is 0.0385. The van der Waals surface area contributed by atoms with Crippen LogP contribution in [0, 0.1) is 5.82 Å². The summed E-state index contributed by atoms with van der Waals surface area (Å²) in [6, 6.07) is 7.19. The Labute approximate surface area is 114 Å². The van der Waals surface area contributed by atoms with Crippen LogP contribution in [0.25, 0.3) is 0 Å². The highest BCUT2D eigenvalue weighted by Crippen LogP contribution is 2.20. The number of rotatable bonds is 3. The molecule has 19 heavy (non-hydrogen) atoms. The number of carbonyl (C=O) groups excluding carboxylic acids is 1. The van der Waals surface area contributed by atoms with Crippen LogP contribution in [-0.4, -0.2) is 17.9 Å². The molecule has 0 fully saturated rings. The molecule has 0 spiro atoms. The Bertz CT molecular complexity index is 619. The molecule has 0 saturated carbocycles. The summed E-state index contributed by atoms with van der Waals surface area (Å²) in [6.45, 7) is 0. The zero-order valence-electron chi connectivity index (χ0n) is 10.1. The highest BCUT2D eigenvalue weighted by Gasteiger charge is 2.08. The lowest BCUT2D eigenvalue weighted by Gasteiger charge is -2.07. The van der Waals surface area contributed by atoms with E-state index in [1.54, 1.807) is 19.2 Å². The van der Waals surface area contributed by atoms with E-state index >= 15 is 0 Å². The van der Waals surface area contributed by atoms with Crippen LogP contribution in [0.15, 0.2) is 36.5 Å². The Morgan fingerprint density at radius 2 is 2.11 bits per heavy atom. The van der Waals surface area contributed by atoms with E-state index in [0.717, 1.165) is 0 Å². The van der Waals surface area contributed by atoms with Gasteiger partial charge in [0, 0.05) is 24.5 Å². The van der Waals surface area contributed by atoms with Gasteiger partial charge in [-0.1, -0.05) is 11.6 Å². The normalized spacial score (nSPS) is 10.1. The van der Waals surface area contributed by atoms with Gasteiger partial charge in [0.05, 0.1) is 5.02 Å². The topological polar surface area (TPSA) is 54.0 Å². The molecule has 1 aromatic carbocycles. The highest BCUT2D eigenvalue weighted by atomic mass is 35.5. The van der Waals surface area contributed by atoms with Gasteiger partial charge < -0.3 is 10.6 Å². The molecule has 0 aliphatic rings. The second kappa shape index (κ2) is 5.67. The molecule has 0 bridgehead atoms. The molecule has 98 valence electrons. The lowest BCUT2D eigenvalue weighted by molar-refractivity contribution is 0.102. The fraction of sp³-hybridized carbons (Fsp3) is 0.0769. The van der Waals surface area contributed by atoms with Crippen LogP contribution in [0.2, 0.25) is 5.02 Å². The van der Waals surface area contributed by atoms with E-state index in [-0.39, 0.29) is 10.9 Å². The van der Waals surface area contributed by atoms with Crippen LogP contribution in [-0.2, 0) is 0 Å². The highest BCUT2D eigenvalue weighted by molar-refractivity contribution is 6.31. The first kappa shape index (κ1) is 13.3. The number of anilines is 2. The van der Waals surface area contributed by atoms with E-state index in [9.17, 15) is 9.18 Å². The van der Waals surface area contributed by atoms with E-state index in [1.165, 1.54) is 24.4 Å². The van der Waals surface area contributed by atoms with Gasteiger partial charge in [-0.05, 0) is 30.3 Å². The van der Waals surface area contributed by atoms with Gasteiger partial charge >= 0.3 is 0 Å². The predicted molar refractivity (Wildman–Crippen MR) is 73.1 cm³/mol. The maximum atomic E-state index is 13.0. The van der Waals surface area contributed by atoms with Gasteiger partial charge in [-0.3, -0.25) is 4.79 Å². The summed E-state index contributed by atoms with van der Waals surface area (Å²) in [5, 5.41) is 5.43. The average molecular weight is 280 g/mol. The molecule has 1 aromatic heterocycles. The number of nitrogens with zero attached hydrogens (tertiary/aromatic N) is 1. The molecule has 4 nitrogen and oxygen atoms in total. The Morgan fingerprint density at radius 3 is 2.79 bits per heavy atom. The summed E-state index contributed by atoms with van der Waals surface area (Å²) >= 11 is 5.64. The maximum Gasteiger partial charge on any atom is 0.255 e. The summed E-state index contributed by atoms with van der Waals surface area (Å²) in [5.74, 6) is -0.257. The van der Waals surface area contributed by atoms with Crippen molar-refractivity contribution in [2.45, 2.75) is 0 Å². The minimum Gasteiger partial charge on any atom is -0.373 e. The number of nitrogens with one attached hydrogen (secondary N) is 2. The molecular formula is C13H11ClFN3O. The molecule has 1 amide bonds. The summed E-state index contributed by atoms with van der Waals surface area (Å²) in [5.41, 5.74) is 0.874. The van der Waals surface area contributed by atoms with E-state index in [1.807, 2.05) is 0 Å². The maximum absolute atomic E-state index is 13.0. The molecule has 2 rings (SSSR count). The van der Waals surface area contributed by atoms with Crippen LogP contribution in [0.3, 0.4) is 0 Å². The summed E-state index contributed by atoms with van der Waals surface area (Å²) in [7, 11) is 1.71. The second-order valence-electron chi connectivity index (χ2n) is 3.76. The van der Waals surface area contributed by atoms with Crippen LogP contribution in [0.5, 0.6) is 0 Å². The summed E-state index contributed by atoms with van der Waals surface area (Å²) < 4.78 is 13.0. The predicted octanol–water partition coefficient (Wildman–Crippen LogP) is 3.17. The van der Waals surface area contributed by atoms with Crippen LogP contribution in [0.4, 0.5) is 15.9 Å². The standard InChI is InChI=1S/C13H11ClFN3O/c1-16-12-6-8(4-5-17-12)13(19)18-9-2-3-11(15)10(14)7-9/h2-7H,1H3,(H,16,17)(H,18,19). The third-order valence-corrected chi connectivity index (χ3v) is 2.75. The fourth-order valence-electron chi connectivity index (χ4n) is 1.49. The van der Waals surface area contributed by atoms with Gasteiger partial charge in [0.1, 0.15) is 11.6 Å². The van der Waals surface area contributed by atoms with Crippen molar-refractivity contribution in [1.82, 2.24) is 4.98 Å². The molecule has 6 heteroatoms. The Hall–Kier alpha value is -2.14. The largest absolute Gasteiger partial charge is 0.373 e. The first-order valence-corrected chi connectivity index (χ1v) is 5.88. The van der Waals surface area contributed by atoms with Gasteiger partial charge in [0.25, 0.3) is 5.91 Å². The SMILES string of the molecule is CNc1cc(C(=O)Nc2ccc(F)c(Cl)c2)ccn1. The summed E-state index contributed by atoms with van der Waals surface area (Å²) in [6.07, 6.45) is 1.53. The molecule has 2 aromatic rings. The van der Waals surface area contributed by atoms with E-state index in [0.29, 0.717) is 17.1 Å². The van der Waals surface area contributed by atoms with Gasteiger partial charge in [-0.2, -0.15) is 0 Å². The molecule has 0 saturated heterocycles. The molecule has 0 unspecified atom stereocenters. The van der Waals surface area contributed by atoms with Crippen molar-refractivity contribution in [1.29, 1.82) is 0 Å². The van der Waals surface area contributed by atoms with Crippen LogP contribution < -0.4 is 10.6 Å². The Kier molecular flexibility index (Phi) is 3.97. The number of aromatic nitrogens is 1. The third-order valence-electron chi connectivity index (χ3n) is 2.46. The number of benzene rings is 1. The quantitative estimate of drug-likeness (QED) is 0.907. The smallest absolute Gasteiger partial charge is 0.255 e. The van der Waals surface area contributed by atoms with Gasteiger partial charge in [0.2, 0.25) is 0 Å². The van der Waals surface area contributed by atoms with Crippen molar-refractivity contribution in [2.24, 2.45) is 0 Å². The van der Waals surface area contributed by atoms with Crippen molar-refractivity contribution < 1.29 is 9.18 Å². The lowest BCUT2D eigenvalue weighted by atomic mass is 10.2. The zero-order valence-corrected chi connectivity index (χ0v) is 10.8. The van der Waals surface area contributed by atoms with Crippen molar-refractivity contribution in [3.63, 3.8) is 0 Å². The molecular weight excluding hydrogens is 269 g/mol. The van der Waals surface area contributed by atoms with Crippen molar-refractivity contribution >= 4 is 29.0 Å². The molecule has 0 aliphatic heterocycles. The number of carbonyl (C=O) groups is 1. The molecule has 0 radical (unpaired) electrons. The number of amides is 1. The second-order valence-corrected chi connectivity index (χ2v) is 4.17. The number of hydrogen-bond donors (Lipinski definition) is 2. The van der Waals surface area contributed by atoms with E-state index in [4.69, 9.17) is 11.6 Å². The minimum atomic E-state index is -0.527. The van der Waals surface area contributed by atoms with Crippen LogP contribution in [0.1, 0.15) is 10.4 Å². The van der Waals surface area contributed by atoms with E-state index in [2.05, 4.69) is 15.6 Å². The average Bonchev–Trinajstić information content (AvgIpc) is 2.43. The van der Waals surface area contributed by atoms with Crippen molar-refractivity contribution in [3.8, 4) is 0 Å². The first-order chi connectivity index (χ1) is 9.10. The Morgan fingerprint density at radius 1 is 1.32 bits per heavy atom. The van der Waals surface area contributed by atoms with Crippen molar-refractivity contribution in [3.05, 3.63) is 52.9 Å². The monoisotopic (exact) mass is 279 g/mol. The van der Waals surface area contributed by atoms with Gasteiger partial charge in [-0.25, -0.2) is 9.37 Å². The Balaban J connectivity index is 2.18. The number of halogens is 2. The number of hydrogen-bond acceptors (Lipinski definition) is 3. The third kappa shape index (κ3) is 3.20.